The van der Waals surface area contributed by atoms with E-state index >= 15 is 0 Å². The Bertz CT molecular complexity index is 278. The minimum Gasteiger partial charge on any atom is -0.481 e. The van der Waals surface area contributed by atoms with E-state index in [1.165, 1.54) is 0 Å². The largest absolute Gasteiger partial charge is 0.481 e. The van der Waals surface area contributed by atoms with E-state index in [4.69, 9.17) is 21.5 Å². The van der Waals surface area contributed by atoms with Gasteiger partial charge in [-0.2, -0.15) is 0 Å². The molecule has 0 saturated heterocycles. The first-order chi connectivity index (χ1) is 6.04. The minimum atomic E-state index is -0.833. The van der Waals surface area contributed by atoms with Crippen molar-refractivity contribution in [3.63, 3.8) is 0 Å². The molecule has 0 aliphatic rings. The maximum Gasteiger partial charge on any atom is 0.300 e. The molecule has 0 amide bonds. The van der Waals surface area contributed by atoms with Crippen molar-refractivity contribution >= 4 is 22.8 Å². The van der Waals surface area contributed by atoms with Gasteiger partial charge in [-0.15, -0.1) is 0 Å². The molecule has 0 saturated carbocycles. The molecule has 0 atom stereocenters. The van der Waals surface area contributed by atoms with Crippen molar-refractivity contribution < 1.29 is 14.7 Å². The highest BCUT2D eigenvalue weighted by Gasteiger charge is 1.95. The number of carbonyl (C=O) groups excluding carboxylic acids is 1. The Morgan fingerprint density at radius 2 is 1.62 bits per heavy atom. The Labute approximate surface area is 81.0 Å². The standard InChI is InChI=1S/C7H5ClO.C2H4O2/c8-7(9)6-4-2-1-3-5-6;1-2(3)4/h1-5H;1H3,(H,3,4). The number of carbonyl (C=O) groups is 2. The number of hydrogen-bond donors (Lipinski definition) is 1. The summed E-state index contributed by atoms with van der Waals surface area (Å²) in [6.45, 7) is 1.08. The van der Waals surface area contributed by atoms with E-state index in [2.05, 4.69) is 0 Å². The zero-order valence-corrected chi connectivity index (χ0v) is 7.78. The van der Waals surface area contributed by atoms with Crippen molar-refractivity contribution in [3.05, 3.63) is 35.9 Å². The normalized spacial score (nSPS) is 8.15. The van der Waals surface area contributed by atoms with Crippen molar-refractivity contribution in [2.75, 3.05) is 0 Å². The van der Waals surface area contributed by atoms with E-state index in [1.807, 2.05) is 6.07 Å². The predicted molar refractivity (Wildman–Crippen MR) is 49.9 cm³/mol. The van der Waals surface area contributed by atoms with Gasteiger partial charge in [0.2, 0.25) is 0 Å². The lowest BCUT2D eigenvalue weighted by molar-refractivity contribution is -0.134. The van der Waals surface area contributed by atoms with Crippen LogP contribution in [0.5, 0.6) is 0 Å². The van der Waals surface area contributed by atoms with Crippen LogP contribution in [-0.4, -0.2) is 16.3 Å². The summed E-state index contributed by atoms with van der Waals surface area (Å²) in [5.74, 6) is -0.833. The molecule has 1 N–H and O–H groups in total. The first-order valence-corrected chi connectivity index (χ1v) is 3.86. The first-order valence-electron chi connectivity index (χ1n) is 3.48. The van der Waals surface area contributed by atoms with E-state index in [0.29, 0.717) is 5.56 Å². The van der Waals surface area contributed by atoms with Gasteiger partial charge in [-0.05, 0) is 11.6 Å². The number of halogens is 1. The molecular formula is C9H9ClO3. The molecule has 0 aliphatic heterocycles. The smallest absolute Gasteiger partial charge is 0.300 e. The average Bonchev–Trinajstić information content (AvgIpc) is 2.05. The van der Waals surface area contributed by atoms with Crippen molar-refractivity contribution in [2.45, 2.75) is 6.92 Å². The molecule has 1 aromatic carbocycles. The Morgan fingerprint density at radius 1 is 1.23 bits per heavy atom. The van der Waals surface area contributed by atoms with Gasteiger partial charge >= 0.3 is 0 Å². The van der Waals surface area contributed by atoms with Gasteiger partial charge in [0.05, 0.1) is 0 Å². The molecule has 0 aromatic heterocycles. The van der Waals surface area contributed by atoms with Gasteiger partial charge in [0.1, 0.15) is 0 Å². The fraction of sp³-hybridized carbons (Fsp3) is 0.111. The fourth-order valence-electron chi connectivity index (χ4n) is 0.569. The molecule has 0 radical (unpaired) electrons. The van der Waals surface area contributed by atoms with E-state index in [0.717, 1.165) is 6.92 Å². The molecule has 0 aliphatic carbocycles. The van der Waals surface area contributed by atoms with Crippen LogP contribution < -0.4 is 0 Å². The fourth-order valence-corrected chi connectivity index (χ4v) is 0.695. The summed E-state index contributed by atoms with van der Waals surface area (Å²) in [5.41, 5.74) is 0.541. The Kier molecular flexibility index (Phi) is 5.55. The zero-order valence-electron chi connectivity index (χ0n) is 7.03. The lowest BCUT2D eigenvalue weighted by Crippen LogP contribution is -1.84. The molecule has 0 heterocycles. The number of carboxylic acid groups (broad SMARTS) is 1. The van der Waals surface area contributed by atoms with Gasteiger partial charge in [0, 0.05) is 12.5 Å². The van der Waals surface area contributed by atoms with E-state index in [-0.39, 0.29) is 0 Å². The number of hydrogen-bond acceptors (Lipinski definition) is 2. The summed E-state index contributed by atoms with van der Waals surface area (Å²) in [5, 5.41) is 7.01. The number of rotatable bonds is 1. The topological polar surface area (TPSA) is 54.4 Å². The van der Waals surface area contributed by atoms with Gasteiger partial charge in [-0.1, -0.05) is 30.3 Å². The summed E-state index contributed by atoms with van der Waals surface area (Å²) in [6, 6.07) is 8.74. The second-order valence-corrected chi connectivity index (χ2v) is 2.50. The average molecular weight is 201 g/mol. The van der Waals surface area contributed by atoms with Crippen LogP contribution in [0.4, 0.5) is 0 Å². The summed E-state index contributed by atoms with van der Waals surface area (Å²) >= 11 is 5.16. The van der Waals surface area contributed by atoms with E-state index in [9.17, 15) is 4.79 Å². The van der Waals surface area contributed by atoms with Crippen LogP contribution in [0.1, 0.15) is 17.3 Å². The van der Waals surface area contributed by atoms with Crippen LogP contribution in [0.15, 0.2) is 30.3 Å². The summed E-state index contributed by atoms with van der Waals surface area (Å²) in [4.78, 5) is 19.4. The quantitative estimate of drug-likeness (QED) is 0.707. The molecule has 0 spiro atoms. The highest BCUT2D eigenvalue weighted by molar-refractivity contribution is 6.67. The van der Waals surface area contributed by atoms with Crippen LogP contribution in [0, 0.1) is 0 Å². The third-order valence-corrected chi connectivity index (χ3v) is 1.22. The Morgan fingerprint density at radius 3 is 1.85 bits per heavy atom. The van der Waals surface area contributed by atoms with Crippen molar-refractivity contribution in [1.29, 1.82) is 0 Å². The highest BCUT2D eigenvalue weighted by Crippen LogP contribution is 2.01. The van der Waals surface area contributed by atoms with Crippen LogP contribution in [0.2, 0.25) is 0 Å². The van der Waals surface area contributed by atoms with Crippen LogP contribution in [0.3, 0.4) is 0 Å². The van der Waals surface area contributed by atoms with Gasteiger partial charge in [0.25, 0.3) is 11.2 Å². The highest BCUT2D eigenvalue weighted by atomic mass is 35.5. The van der Waals surface area contributed by atoms with Crippen LogP contribution >= 0.6 is 11.6 Å². The van der Waals surface area contributed by atoms with Gasteiger partial charge in [-0.25, -0.2) is 0 Å². The minimum absolute atomic E-state index is 0.407. The van der Waals surface area contributed by atoms with Gasteiger partial charge in [0.15, 0.2) is 0 Å². The summed E-state index contributed by atoms with van der Waals surface area (Å²) in [7, 11) is 0. The molecule has 0 fully saturated rings. The predicted octanol–water partition coefficient (Wildman–Crippen LogP) is 2.16. The molecule has 0 bridgehead atoms. The van der Waals surface area contributed by atoms with Crippen molar-refractivity contribution in [3.8, 4) is 0 Å². The van der Waals surface area contributed by atoms with E-state index < -0.39 is 11.2 Å². The summed E-state index contributed by atoms with van der Waals surface area (Å²) in [6.07, 6.45) is 0. The molecule has 3 nitrogen and oxygen atoms in total. The monoisotopic (exact) mass is 200 g/mol. The molecule has 1 rings (SSSR count). The van der Waals surface area contributed by atoms with Crippen molar-refractivity contribution in [2.24, 2.45) is 0 Å². The molecular weight excluding hydrogens is 192 g/mol. The molecule has 1 aromatic rings. The first kappa shape index (κ1) is 11.6. The maximum absolute atomic E-state index is 10.4. The second kappa shape index (κ2) is 6.20. The second-order valence-electron chi connectivity index (χ2n) is 2.16. The van der Waals surface area contributed by atoms with Gasteiger partial charge < -0.3 is 5.11 Å². The molecule has 4 heteroatoms. The van der Waals surface area contributed by atoms with E-state index in [1.54, 1.807) is 24.3 Å². The number of benzene rings is 1. The lowest BCUT2D eigenvalue weighted by Gasteiger charge is -1.87. The summed E-state index contributed by atoms with van der Waals surface area (Å²) < 4.78 is 0. The molecule has 13 heavy (non-hydrogen) atoms. The molecule has 70 valence electrons. The van der Waals surface area contributed by atoms with Crippen molar-refractivity contribution in [1.82, 2.24) is 0 Å². The maximum atomic E-state index is 10.4. The number of carboxylic acids is 1. The zero-order chi connectivity index (χ0) is 10.3. The Hall–Kier alpha value is -1.35. The van der Waals surface area contributed by atoms with Crippen LogP contribution in [0.25, 0.3) is 0 Å². The third kappa shape index (κ3) is 7.03. The SMILES string of the molecule is CC(=O)O.O=C(Cl)c1ccccc1. The van der Waals surface area contributed by atoms with Crippen LogP contribution in [-0.2, 0) is 4.79 Å². The number of aliphatic carboxylic acids is 1. The van der Waals surface area contributed by atoms with Gasteiger partial charge in [-0.3, -0.25) is 9.59 Å². The third-order valence-electron chi connectivity index (χ3n) is 1.00. The Balaban J connectivity index is 0.000000310. The molecule has 0 unspecified atom stereocenters. The lowest BCUT2D eigenvalue weighted by atomic mass is 10.2.